The standard InChI is InChI=1S/C28H36N4O10/c1-3-5-6-7-20(19(4-2)26(38)31-41)25(37)29-16-30-27(39)22-13-12-21(42-22)17-8-10-18(11-9-17)28(40)32(14-23(33)34)15-24(35)36/h8-13,19-20,41H,3-7,14-16H2,1-2H3,(H,29,37)(H,30,39)(H,31,38)(H,33,34)(H,35,36)/t19-,20-/m1/s1. The van der Waals surface area contributed by atoms with Gasteiger partial charge in [0.2, 0.25) is 11.8 Å². The molecule has 14 nitrogen and oxygen atoms in total. The average Bonchev–Trinajstić information content (AvgIpc) is 3.46. The second kappa shape index (κ2) is 16.5. The summed E-state index contributed by atoms with van der Waals surface area (Å²) in [6, 6.07) is 8.69. The Morgan fingerprint density at radius 2 is 1.48 bits per heavy atom. The molecular weight excluding hydrogens is 552 g/mol. The normalized spacial score (nSPS) is 12.1. The molecule has 0 fully saturated rings. The zero-order chi connectivity index (χ0) is 31.2. The number of carboxylic acids is 2. The lowest BCUT2D eigenvalue weighted by molar-refractivity contribution is -0.141. The molecule has 0 bridgehead atoms. The van der Waals surface area contributed by atoms with Crippen LogP contribution < -0.4 is 16.1 Å². The van der Waals surface area contributed by atoms with Gasteiger partial charge in [0.1, 0.15) is 18.8 Å². The van der Waals surface area contributed by atoms with Crippen molar-refractivity contribution >= 4 is 35.6 Å². The number of hydrogen-bond acceptors (Lipinski definition) is 8. The zero-order valence-corrected chi connectivity index (χ0v) is 23.4. The highest BCUT2D eigenvalue weighted by atomic mass is 16.5. The summed E-state index contributed by atoms with van der Waals surface area (Å²) in [5.74, 6) is -6.35. The number of aliphatic carboxylic acids is 2. The molecule has 0 aliphatic carbocycles. The maximum absolute atomic E-state index is 12.9. The third kappa shape index (κ3) is 9.73. The van der Waals surface area contributed by atoms with Gasteiger partial charge in [-0.2, -0.15) is 0 Å². The molecule has 14 heteroatoms. The Bertz CT molecular complexity index is 1240. The topological polar surface area (TPSA) is 216 Å². The number of hydrogen-bond donors (Lipinski definition) is 6. The first kappa shape index (κ1) is 33.5. The van der Waals surface area contributed by atoms with Crippen molar-refractivity contribution in [2.24, 2.45) is 11.8 Å². The SMILES string of the molecule is CCCCC[C@@H](C(=O)NCNC(=O)c1ccc(-c2ccc(C(=O)N(CC(=O)O)CC(=O)O)cc2)o1)[C@@H](CC)C(=O)NO. The smallest absolute Gasteiger partial charge is 0.323 e. The van der Waals surface area contributed by atoms with Crippen LogP contribution in [-0.4, -0.2) is 75.6 Å². The Labute approximate surface area is 242 Å². The number of furan rings is 1. The lowest BCUT2D eigenvalue weighted by atomic mass is 9.84. The first-order valence-electron chi connectivity index (χ1n) is 13.4. The Morgan fingerprint density at radius 3 is 2.02 bits per heavy atom. The Balaban J connectivity index is 2.02. The van der Waals surface area contributed by atoms with E-state index in [2.05, 4.69) is 10.6 Å². The van der Waals surface area contributed by atoms with Crippen molar-refractivity contribution in [1.82, 2.24) is 21.0 Å². The van der Waals surface area contributed by atoms with Crippen LogP contribution in [0.4, 0.5) is 0 Å². The van der Waals surface area contributed by atoms with Gasteiger partial charge in [-0.1, -0.05) is 45.2 Å². The number of unbranched alkanes of at least 4 members (excludes halogenated alkanes) is 2. The highest BCUT2D eigenvalue weighted by Crippen LogP contribution is 2.24. The molecule has 6 N–H and O–H groups in total. The maximum atomic E-state index is 12.9. The first-order valence-corrected chi connectivity index (χ1v) is 13.4. The van der Waals surface area contributed by atoms with E-state index in [0.717, 1.165) is 19.3 Å². The fraction of sp³-hybridized carbons (Fsp3) is 0.429. The minimum absolute atomic E-state index is 0.0564. The largest absolute Gasteiger partial charge is 0.480 e. The van der Waals surface area contributed by atoms with Gasteiger partial charge in [-0.3, -0.25) is 34.0 Å². The molecule has 2 rings (SSSR count). The first-order chi connectivity index (χ1) is 20.0. The predicted octanol–water partition coefficient (Wildman–Crippen LogP) is 2.09. The van der Waals surface area contributed by atoms with Crippen LogP contribution in [-0.2, 0) is 19.2 Å². The van der Waals surface area contributed by atoms with E-state index in [-0.39, 0.29) is 23.8 Å². The van der Waals surface area contributed by atoms with Gasteiger partial charge in [0.25, 0.3) is 11.8 Å². The van der Waals surface area contributed by atoms with Gasteiger partial charge in [0.15, 0.2) is 5.76 Å². The van der Waals surface area contributed by atoms with Gasteiger partial charge in [0, 0.05) is 17.0 Å². The molecule has 1 heterocycles. The summed E-state index contributed by atoms with van der Waals surface area (Å²) in [4.78, 5) is 72.8. The van der Waals surface area contributed by atoms with E-state index in [9.17, 15) is 28.8 Å². The van der Waals surface area contributed by atoms with Crippen LogP contribution in [0.2, 0.25) is 0 Å². The Morgan fingerprint density at radius 1 is 0.833 bits per heavy atom. The van der Waals surface area contributed by atoms with E-state index in [0.29, 0.717) is 23.3 Å². The third-order valence-corrected chi connectivity index (χ3v) is 6.53. The summed E-state index contributed by atoms with van der Waals surface area (Å²) in [5, 5.41) is 32.1. The summed E-state index contributed by atoms with van der Waals surface area (Å²) in [6.45, 7) is 1.98. The summed E-state index contributed by atoms with van der Waals surface area (Å²) >= 11 is 0. The molecule has 0 aliphatic heterocycles. The van der Waals surface area contributed by atoms with Gasteiger partial charge in [-0.15, -0.1) is 0 Å². The van der Waals surface area contributed by atoms with Gasteiger partial charge >= 0.3 is 11.9 Å². The molecule has 2 aromatic rings. The lowest BCUT2D eigenvalue weighted by Gasteiger charge is -2.24. The third-order valence-electron chi connectivity index (χ3n) is 6.53. The molecule has 42 heavy (non-hydrogen) atoms. The van der Waals surface area contributed by atoms with Crippen LogP contribution in [0, 0.1) is 11.8 Å². The number of nitrogens with zero attached hydrogens (tertiary/aromatic N) is 1. The van der Waals surface area contributed by atoms with Crippen LogP contribution in [0.15, 0.2) is 40.8 Å². The van der Waals surface area contributed by atoms with E-state index < -0.39 is 60.5 Å². The molecule has 0 radical (unpaired) electrons. The predicted molar refractivity (Wildman–Crippen MR) is 147 cm³/mol. The van der Waals surface area contributed by atoms with Gasteiger partial charge in [0.05, 0.1) is 12.6 Å². The van der Waals surface area contributed by atoms with E-state index in [4.69, 9.17) is 19.8 Å². The van der Waals surface area contributed by atoms with Crippen molar-refractivity contribution < 1.29 is 48.6 Å². The molecular formula is C28H36N4O10. The van der Waals surface area contributed by atoms with Crippen LogP contribution in [0.3, 0.4) is 0 Å². The molecule has 0 aliphatic rings. The average molecular weight is 589 g/mol. The summed E-state index contributed by atoms with van der Waals surface area (Å²) in [7, 11) is 0. The molecule has 228 valence electrons. The van der Waals surface area contributed by atoms with Gasteiger partial charge < -0.3 is 30.2 Å². The highest BCUT2D eigenvalue weighted by Gasteiger charge is 2.32. The van der Waals surface area contributed by atoms with Gasteiger partial charge in [-0.25, -0.2) is 5.48 Å². The summed E-state index contributed by atoms with van der Waals surface area (Å²) < 4.78 is 5.60. The van der Waals surface area contributed by atoms with Crippen molar-refractivity contribution in [3.05, 3.63) is 47.7 Å². The number of carbonyl (C=O) groups excluding carboxylic acids is 4. The fourth-order valence-electron chi connectivity index (χ4n) is 4.40. The summed E-state index contributed by atoms with van der Waals surface area (Å²) in [6.07, 6.45) is 3.33. The highest BCUT2D eigenvalue weighted by molar-refractivity contribution is 5.98. The number of nitrogens with one attached hydrogen (secondary N) is 3. The molecule has 2 atom stereocenters. The van der Waals surface area contributed by atoms with Crippen molar-refractivity contribution in [3.8, 4) is 11.3 Å². The number of carboxylic acid groups (broad SMARTS) is 2. The molecule has 1 aromatic carbocycles. The maximum Gasteiger partial charge on any atom is 0.323 e. The molecule has 0 unspecified atom stereocenters. The number of carbonyl (C=O) groups is 6. The molecule has 0 spiro atoms. The van der Waals surface area contributed by atoms with E-state index in [1.807, 2.05) is 6.92 Å². The van der Waals surface area contributed by atoms with Crippen molar-refractivity contribution in [2.45, 2.75) is 46.0 Å². The fourth-order valence-corrected chi connectivity index (χ4v) is 4.40. The minimum atomic E-state index is -1.35. The van der Waals surface area contributed by atoms with Crippen molar-refractivity contribution in [1.29, 1.82) is 0 Å². The van der Waals surface area contributed by atoms with Crippen LogP contribution in [0.5, 0.6) is 0 Å². The molecule has 1 aromatic heterocycles. The second-order valence-corrected chi connectivity index (χ2v) is 9.51. The van der Waals surface area contributed by atoms with Crippen LogP contribution in [0.25, 0.3) is 11.3 Å². The molecule has 0 saturated carbocycles. The quantitative estimate of drug-likeness (QED) is 0.0684. The number of hydroxylamine groups is 1. The second-order valence-electron chi connectivity index (χ2n) is 9.51. The van der Waals surface area contributed by atoms with Gasteiger partial charge in [-0.05, 0) is 37.1 Å². The number of amides is 4. The van der Waals surface area contributed by atoms with Crippen molar-refractivity contribution in [3.63, 3.8) is 0 Å². The van der Waals surface area contributed by atoms with Crippen molar-refractivity contribution in [2.75, 3.05) is 19.8 Å². The molecule has 4 amide bonds. The summed E-state index contributed by atoms with van der Waals surface area (Å²) in [5.41, 5.74) is 2.17. The Kier molecular flexibility index (Phi) is 13.2. The van der Waals surface area contributed by atoms with Crippen LogP contribution >= 0.6 is 0 Å². The van der Waals surface area contributed by atoms with Crippen LogP contribution in [0.1, 0.15) is 66.9 Å². The monoisotopic (exact) mass is 588 g/mol. The van der Waals surface area contributed by atoms with E-state index in [1.165, 1.54) is 36.4 Å². The van der Waals surface area contributed by atoms with E-state index in [1.54, 1.807) is 12.4 Å². The van der Waals surface area contributed by atoms with E-state index >= 15 is 0 Å². The molecule has 0 saturated heterocycles. The lowest BCUT2D eigenvalue weighted by Crippen LogP contribution is -2.44. The minimum Gasteiger partial charge on any atom is -0.480 e. The Hall–Kier alpha value is -4.72. The number of benzene rings is 1. The number of rotatable bonds is 17. The zero-order valence-electron chi connectivity index (χ0n) is 23.4.